The van der Waals surface area contributed by atoms with Crippen LogP contribution in [0.1, 0.15) is 47.5 Å². The Morgan fingerprint density at radius 3 is 2.38 bits per heavy atom. The van der Waals surface area contributed by atoms with Crippen LogP contribution < -0.4 is 0 Å². The third-order valence-corrected chi connectivity index (χ3v) is 3.86. The quantitative estimate of drug-likeness (QED) is 0.691. The average Bonchev–Trinajstić information content (AvgIpc) is 1.97. The number of hydrogen-bond donors (Lipinski definition) is 1. The second kappa shape index (κ2) is 3.75. The molecule has 1 aliphatic rings. The van der Waals surface area contributed by atoms with Gasteiger partial charge in [0.1, 0.15) is 5.78 Å². The summed E-state index contributed by atoms with van der Waals surface area (Å²) in [6.07, 6.45) is -0.289. The lowest BCUT2D eigenvalue weighted by Gasteiger charge is -2.53. The zero-order valence-corrected chi connectivity index (χ0v) is 10.7. The molecule has 0 saturated carbocycles. The van der Waals surface area contributed by atoms with Gasteiger partial charge in [0.2, 0.25) is 0 Å². The number of nitrogens with zero attached hydrogens (tertiary/aromatic N) is 1. The highest BCUT2D eigenvalue weighted by Crippen LogP contribution is 2.43. The minimum atomic E-state index is -0.933. The number of carboxylic acid groups (broad SMARTS) is 1. The van der Waals surface area contributed by atoms with Gasteiger partial charge in [-0.15, -0.1) is 0 Å². The van der Waals surface area contributed by atoms with Gasteiger partial charge in [-0.3, -0.25) is 9.69 Å². The Kier molecular flexibility index (Phi) is 3.05. The Labute approximate surface area is 96.6 Å². The lowest BCUT2D eigenvalue weighted by molar-refractivity contribution is -0.132. The fraction of sp³-hybridized carbons (Fsp3) is 0.833. The molecule has 2 unspecified atom stereocenters. The molecule has 1 amide bonds. The third kappa shape index (κ3) is 1.93. The first-order valence-electron chi connectivity index (χ1n) is 5.63. The molecule has 4 nitrogen and oxygen atoms in total. The van der Waals surface area contributed by atoms with Gasteiger partial charge in [-0.1, -0.05) is 20.8 Å². The monoisotopic (exact) mass is 227 g/mol. The molecular weight excluding hydrogens is 206 g/mol. The summed E-state index contributed by atoms with van der Waals surface area (Å²) in [5.74, 6) is 0.155. The first kappa shape index (κ1) is 13.0. The number of piperidine rings is 1. The van der Waals surface area contributed by atoms with Crippen molar-refractivity contribution >= 4 is 11.9 Å². The van der Waals surface area contributed by atoms with E-state index in [1.54, 1.807) is 6.92 Å². The number of rotatable bonds is 0. The van der Waals surface area contributed by atoms with Crippen molar-refractivity contribution in [3.05, 3.63) is 0 Å². The molecule has 16 heavy (non-hydrogen) atoms. The molecule has 0 aliphatic carbocycles. The maximum Gasteiger partial charge on any atom is 0.408 e. The zero-order chi connectivity index (χ0) is 12.7. The molecule has 92 valence electrons. The molecule has 0 spiro atoms. The van der Waals surface area contributed by atoms with Crippen molar-refractivity contribution in [2.75, 3.05) is 0 Å². The molecule has 0 aromatic heterocycles. The number of carbonyl (C=O) groups excluding carboxylic acids is 1. The highest BCUT2D eigenvalue weighted by molar-refractivity contribution is 5.83. The number of carbonyl (C=O) groups is 2. The van der Waals surface area contributed by atoms with Crippen LogP contribution in [0, 0.1) is 5.41 Å². The van der Waals surface area contributed by atoms with Gasteiger partial charge in [0, 0.05) is 18.9 Å². The summed E-state index contributed by atoms with van der Waals surface area (Å²) in [4.78, 5) is 24.5. The molecule has 0 aromatic carbocycles. The van der Waals surface area contributed by atoms with E-state index >= 15 is 0 Å². The molecule has 1 heterocycles. The number of ketones is 1. The van der Waals surface area contributed by atoms with E-state index in [9.17, 15) is 14.7 Å². The summed E-state index contributed by atoms with van der Waals surface area (Å²) in [5, 5.41) is 9.31. The highest BCUT2D eigenvalue weighted by atomic mass is 16.4. The van der Waals surface area contributed by atoms with Crippen LogP contribution in [-0.2, 0) is 4.79 Å². The van der Waals surface area contributed by atoms with Gasteiger partial charge in [0.25, 0.3) is 0 Å². The van der Waals surface area contributed by atoms with E-state index in [2.05, 4.69) is 0 Å². The van der Waals surface area contributed by atoms with Crippen molar-refractivity contribution in [1.82, 2.24) is 4.90 Å². The molecular formula is C12H21NO3. The smallest absolute Gasteiger partial charge is 0.408 e. The van der Waals surface area contributed by atoms with Crippen LogP contribution in [0.2, 0.25) is 0 Å². The fourth-order valence-electron chi connectivity index (χ4n) is 2.47. The van der Waals surface area contributed by atoms with E-state index in [4.69, 9.17) is 0 Å². The molecule has 0 radical (unpaired) electrons. The van der Waals surface area contributed by atoms with Crippen LogP contribution in [-0.4, -0.2) is 33.5 Å². The van der Waals surface area contributed by atoms with Crippen molar-refractivity contribution in [2.45, 2.75) is 59.0 Å². The number of likely N-dealkylation sites (tertiary alicyclic amines) is 1. The highest BCUT2D eigenvalue weighted by Gasteiger charge is 2.51. The van der Waals surface area contributed by atoms with Gasteiger partial charge < -0.3 is 5.11 Å². The zero-order valence-electron chi connectivity index (χ0n) is 10.7. The van der Waals surface area contributed by atoms with E-state index < -0.39 is 11.6 Å². The molecule has 2 atom stereocenters. The topological polar surface area (TPSA) is 57.6 Å². The van der Waals surface area contributed by atoms with E-state index in [1.165, 1.54) is 4.90 Å². The van der Waals surface area contributed by atoms with Crippen LogP contribution in [0.5, 0.6) is 0 Å². The van der Waals surface area contributed by atoms with Crippen molar-refractivity contribution in [3.8, 4) is 0 Å². The SMILES string of the molecule is CC1CC(=O)CC(C)(C(C)(C)C)N1C(=O)O. The minimum Gasteiger partial charge on any atom is -0.465 e. The number of hydrogen-bond acceptors (Lipinski definition) is 2. The summed E-state index contributed by atoms with van der Waals surface area (Å²) >= 11 is 0. The van der Waals surface area contributed by atoms with Crippen molar-refractivity contribution in [3.63, 3.8) is 0 Å². The lowest BCUT2D eigenvalue weighted by atomic mass is 9.68. The number of amides is 1. The van der Waals surface area contributed by atoms with E-state index in [0.29, 0.717) is 12.8 Å². The summed E-state index contributed by atoms with van der Waals surface area (Å²) in [6, 6.07) is -0.233. The van der Waals surface area contributed by atoms with Gasteiger partial charge in [-0.05, 0) is 19.3 Å². The predicted molar refractivity (Wildman–Crippen MR) is 61.4 cm³/mol. The molecule has 1 N–H and O–H groups in total. The Balaban J connectivity index is 3.19. The molecule has 1 fully saturated rings. The molecule has 0 bridgehead atoms. The third-order valence-electron chi connectivity index (χ3n) is 3.86. The Morgan fingerprint density at radius 1 is 1.50 bits per heavy atom. The summed E-state index contributed by atoms with van der Waals surface area (Å²) in [6.45, 7) is 9.61. The second-order valence-corrected chi connectivity index (χ2v) is 5.95. The standard InChI is InChI=1S/C12H21NO3/c1-8-6-9(14)7-12(5,11(2,3)4)13(8)10(15)16/h8H,6-7H2,1-5H3,(H,15,16). The largest absolute Gasteiger partial charge is 0.465 e. The van der Waals surface area contributed by atoms with Crippen molar-refractivity contribution in [1.29, 1.82) is 0 Å². The Morgan fingerprint density at radius 2 is 2.00 bits per heavy atom. The van der Waals surface area contributed by atoms with Crippen LogP contribution in [0.25, 0.3) is 0 Å². The second-order valence-electron chi connectivity index (χ2n) is 5.95. The Hall–Kier alpha value is -1.06. The average molecular weight is 227 g/mol. The fourth-order valence-corrected chi connectivity index (χ4v) is 2.47. The van der Waals surface area contributed by atoms with Gasteiger partial charge in [0.15, 0.2) is 0 Å². The first-order valence-corrected chi connectivity index (χ1v) is 5.63. The van der Waals surface area contributed by atoms with E-state index in [-0.39, 0.29) is 17.2 Å². The van der Waals surface area contributed by atoms with Crippen LogP contribution in [0.4, 0.5) is 4.79 Å². The molecule has 4 heteroatoms. The predicted octanol–water partition coefficient (Wildman–Crippen LogP) is 2.52. The molecule has 0 aromatic rings. The van der Waals surface area contributed by atoms with Gasteiger partial charge in [0.05, 0.1) is 5.54 Å². The Bertz CT molecular complexity index is 319. The van der Waals surface area contributed by atoms with Crippen LogP contribution in [0.15, 0.2) is 0 Å². The van der Waals surface area contributed by atoms with Crippen LogP contribution in [0.3, 0.4) is 0 Å². The van der Waals surface area contributed by atoms with Crippen molar-refractivity contribution in [2.24, 2.45) is 5.41 Å². The van der Waals surface area contributed by atoms with Crippen LogP contribution >= 0.6 is 0 Å². The molecule has 1 saturated heterocycles. The summed E-state index contributed by atoms with van der Waals surface area (Å²) in [7, 11) is 0. The molecule has 1 rings (SSSR count). The normalized spacial score (nSPS) is 31.7. The maximum absolute atomic E-state index is 11.7. The van der Waals surface area contributed by atoms with Gasteiger partial charge in [-0.2, -0.15) is 0 Å². The minimum absolute atomic E-state index is 0.155. The molecule has 1 aliphatic heterocycles. The van der Waals surface area contributed by atoms with Gasteiger partial charge >= 0.3 is 6.09 Å². The summed E-state index contributed by atoms with van der Waals surface area (Å²) < 4.78 is 0. The van der Waals surface area contributed by atoms with E-state index in [1.807, 2.05) is 27.7 Å². The van der Waals surface area contributed by atoms with Gasteiger partial charge in [-0.25, -0.2) is 4.79 Å². The first-order chi connectivity index (χ1) is 7.09. The lowest BCUT2D eigenvalue weighted by Crippen LogP contribution is -2.64. The maximum atomic E-state index is 11.7. The van der Waals surface area contributed by atoms with Crippen molar-refractivity contribution < 1.29 is 14.7 Å². The summed E-state index contributed by atoms with van der Waals surface area (Å²) in [5.41, 5.74) is -0.872. The van der Waals surface area contributed by atoms with E-state index in [0.717, 1.165) is 0 Å². The number of Topliss-reactive ketones (excluding diaryl/α,β-unsaturated/α-hetero) is 1.